The molecule has 0 atom stereocenters. The van der Waals surface area contributed by atoms with E-state index in [-0.39, 0.29) is 28.6 Å². The summed E-state index contributed by atoms with van der Waals surface area (Å²) >= 11 is 4.87. The zero-order valence-corrected chi connectivity index (χ0v) is 13.2. The van der Waals surface area contributed by atoms with Gasteiger partial charge in [0.15, 0.2) is 0 Å². The van der Waals surface area contributed by atoms with E-state index >= 15 is 0 Å². The second-order valence-corrected chi connectivity index (χ2v) is 5.77. The molecule has 1 fully saturated rings. The lowest BCUT2D eigenvalue weighted by Crippen LogP contribution is -2.49. The first-order valence-corrected chi connectivity index (χ1v) is 7.27. The molecule has 0 saturated carbocycles. The molecule has 6 nitrogen and oxygen atoms in total. The zero-order valence-electron chi connectivity index (χ0n) is 12.3. The van der Waals surface area contributed by atoms with E-state index in [1.165, 1.54) is 4.57 Å². The van der Waals surface area contributed by atoms with Crippen LogP contribution in [0.3, 0.4) is 0 Å². The molecular formula is C14H20N4O2S. The molecule has 0 radical (unpaired) electrons. The summed E-state index contributed by atoms with van der Waals surface area (Å²) in [6, 6.07) is 3.37. The Balaban J connectivity index is 2.19. The summed E-state index contributed by atoms with van der Waals surface area (Å²) in [4.78, 5) is 28.7. The number of nitrogens with zero attached hydrogens (tertiary/aromatic N) is 3. The van der Waals surface area contributed by atoms with Gasteiger partial charge in [0.2, 0.25) is 5.91 Å². The quantitative estimate of drug-likeness (QED) is 0.767. The van der Waals surface area contributed by atoms with Crippen molar-refractivity contribution < 1.29 is 4.79 Å². The van der Waals surface area contributed by atoms with Crippen molar-refractivity contribution in [2.24, 2.45) is 5.73 Å². The summed E-state index contributed by atoms with van der Waals surface area (Å²) in [5, 5.41) is 0. The van der Waals surface area contributed by atoms with Gasteiger partial charge in [0, 0.05) is 31.9 Å². The van der Waals surface area contributed by atoms with E-state index in [0.29, 0.717) is 13.1 Å². The van der Waals surface area contributed by atoms with Gasteiger partial charge in [0.1, 0.15) is 11.5 Å². The van der Waals surface area contributed by atoms with Crippen LogP contribution in [0.15, 0.2) is 16.9 Å². The highest BCUT2D eigenvalue weighted by molar-refractivity contribution is 7.80. The Morgan fingerprint density at radius 2 is 1.90 bits per heavy atom. The molecule has 114 valence electrons. The summed E-state index contributed by atoms with van der Waals surface area (Å²) in [5.74, 6) is -0.0478. The maximum absolute atomic E-state index is 12.3. The molecule has 2 heterocycles. The third-order valence-electron chi connectivity index (χ3n) is 3.81. The molecular weight excluding hydrogens is 288 g/mol. The van der Waals surface area contributed by atoms with Crippen LogP contribution in [0.25, 0.3) is 0 Å². The van der Waals surface area contributed by atoms with Crippen LogP contribution in [-0.4, -0.2) is 58.5 Å². The van der Waals surface area contributed by atoms with Crippen LogP contribution in [0.5, 0.6) is 0 Å². The highest BCUT2D eigenvalue weighted by Crippen LogP contribution is 2.04. The van der Waals surface area contributed by atoms with Crippen LogP contribution >= 0.6 is 12.2 Å². The molecule has 0 spiro atoms. The topological polar surface area (TPSA) is 71.6 Å². The number of carbonyl (C=O) groups is 1. The summed E-state index contributed by atoms with van der Waals surface area (Å²) < 4.78 is 1.44. The van der Waals surface area contributed by atoms with Crippen LogP contribution in [0.1, 0.15) is 11.3 Å². The van der Waals surface area contributed by atoms with Gasteiger partial charge in [0.05, 0.1) is 5.56 Å². The van der Waals surface area contributed by atoms with Crippen LogP contribution < -0.4 is 11.3 Å². The second kappa shape index (κ2) is 6.36. The molecule has 0 aromatic carbocycles. The number of pyridine rings is 1. The SMILES string of the molecule is Cc1ccc(C(N)=S)c(=O)n1CC(=O)N1CCN(C)CC1. The number of hydrogen-bond donors (Lipinski definition) is 1. The van der Waals surface area contributed by atoms with E-state index in [0.717, 1.165) is 18.8 Å². The fourth-order valence-corrected chi connectivity index (χ4v) is 2.50. The Labute approximate surface area is 129 Å². The van der Waals surface area contributed by atoms with Crippen molar-refractivity contribution in [2.45, 2.75) is 13.5 Å². The van der Waals surface area contributed by atoms with Crippen molar-refractivity contribution >= 4 is 23.1 Å². The Morgan fingerprint density at radius 1 is 1.29 bits per heavy atom. The number of hydrogen-bond acceptors (Lipinski definition) is 4. The molecule has 1 aromatic rings. The van der Waals surface area contributed by atoms with Crippen molar-refractivity contribution in [3.63, 3.8) is 0 Å². The van der Waals surface area contributed by atoms with Crippen LogP contribution in [0.4, 0.5) is 0 Å². The van der Waals surface area contributed by atoms with E-state index in [4.69, 9.17) is 18.0 Å². The van der Waals surface area contributed by atoms with Crippen molar-refractivity contribution in [3.8, 4) is 0 Å². The highest BCUT2D eigenvalue weighted by atomic mass is 32.1. The predicted molar refractivity (Wildman–Crippen MR) is 85.4 cm³/mol. The van der Waals surface area contributed by atoms with Crippen molar-refractivity contribution in [3.05, 3.63) is 33.7 Å². The average Bonchev–Trinajstić information content (AvgIpc) is 2.43. The maximum Gasteiger partial charge on any atom is 0.261 e. The normalized spacial score (nSPS) is 16.0. The standard InChI is InChI=1S/C14H20N4O2S/c1-10-3-4-11(13(15)21)14(20)18(10)9-12(19)17-7-5-16(2)6-8-17/h3-4H,5-9H2,1-2H3,(H2,15,21). The molecule has 1 saturated heterocycles. The third kappa shape index (κ3) is 3.48. The monoisotopic (exact) mass is 308 g/mol. The smallest absolute Gasteiger partial charge is 0.261 e. The molecule has 1 amide bonds. The first-order chi connectivity index (χ1) is 9.90. The minimum atomic E-state index is -0.301. The van der Waals surface area contributed by atoms with Crippen molar-refractivity contribution in [2.75, 3.05) is 33.2 Å². The van der Waals surface area contributed by atoms with Crippen molar-refractivity contribution in [1.82, 2.24) is 14.4 Å². The van der Waals surface area contributed by atoms with Gasteiger partial charge >= 0.3 is 0 Å². The lowest BCUT2D eigenvalue weighted by atomic mass is 10.2. The van der Waals surface area contributed by atoms with Gasteiger partial charge in [0.25, 0.3) is 5.56 Å². The number of thiocarbonyl (C=S) groups is 1. The Bertz CT molecular complexity index is 618. The molecule has 2 rings (SSSR count). The summed E-state index contributed by atoms with van der Waals surface area (Å²) in [6.45, 7) is 4.92. The van der Waals surface area contributed by atoms with Gasteiger partial charge in [-0.2, -0.15) is 0 Å². The van der Waals surface area contributed by atoms with Gasteiger partial charge in [-0.25, -0.2) is 0 Å². The molecule has 0 unspecified atom stereocenters. The maximum atomic E-state index is 12.3. The summed E-state index contributed by atoms with van der Waals surface area (Å²) in [6.07, 6.45) is 0. The van der Waals surface area contributed by atoms with E-state index in [1.807, 2.05) is 7.05 Å². The van der Waals surface area contributed by atoms with E-state index in [1.54, 1.807) is 24.0 Å². The van der Waals surface area contributed by atoms with Gasteiger partial charge in [-0.1, -0.05) is 12.2 Å². The van der Waals surface area contributed by atoms with Crippen LogP contribution in [0, 0.1) is 6.92 Å². The number of carbonyl (C=O) groups excluding carboxylic acids is 1. The Kier molecular flexibility index (Phi) is 4.74. The Hall–Kier alpha value is -1.73. The fourth-order valence-electron chi connectivity index (χ4n) is 2.35. The minimum absolute atomic E-state index is 0.0326. The summed E-state index contributed by atoms with van der Waals surface area (Å²) in [7, 11) is 2.03. The lowest BCUT2D eigenvalue weighted by Gasteiger charge is -2.32. The number of amides is 1. The predicted octanol–water partition coefficient (Wildman–Crippen LogP) is -0.435. The number of rotatable bonds is 3. The molecule has 1 aliphatic rings. The Morgan fingerprint density at radius 3 is 2.48 bits per heavy atom. The second-order valence-electron chi connectivity index (χ2n) is 5.33. The molecule has 0 aliphatic carbocycles. The first-order valence-electron chi connectivity index (χ1n) is 6.86. The van der Waals surface area contributed by atoms with E-state index in [9.17, 15) is 9.59 Å². The van der Waals surface area contributed by atoms with Gasteiger partial charge in [-0.15, -0.1) is 0 Å². The fraction of sp³-hybridized carbons (Fsp3) is 0.500. The number of likely N-dealkylation sites (N-methyl/N-ethyl adjacent to an activating group) is 1. The summed E-state index contributed by atoms with van der Waals surface area (Å²) in [5.41, 5.74) is 6.24. The molecule has 1 aliphatic heterocycles. The van der Waals surface area contributed by atoms with Crippen LogP contribution in [-0.2, 0) is 11.3 Å². The lowest BCUT2D eigenvalue weighted by molar-refractivity contribution is -0.133. The average molecular weight is 308 g/mol. The number of piperazine rings is 1. The van der Waals surface area contributed by atoms with Gasteiger partial charge in [-0.3, -0.25) is 9.59 Å². The molecule has 2 N–H and O–H groups in total. The van der Waals surface area contributed by atoms with Gasteiger partial charge in [-0.05, 0) is 26.1 Å². The number of nitrogens with two attached hydrogens (primary N) is 1. The molecule has 1 aromatic heterocycles. The van der Waals surface area contributed by atoms with E-state index < -0.39 is 0 Å². The molecule has 21 heavy (non-hydrogen) atoms. The number of aromatic nitrogens is 1. The highest BCUT2D eigenvalue weighted by Gasteiger charge is 2.20. The van der Waals surface area contributed by atoms with Gasteiger partial charge < -0.3 is 20.1 Å². The third-order valence-corrected chi connectivity index (χ3v) is 4.03. The van der Waals surface area contributed by atoms with Crippen LogP contribution in [0.2, 0.25) is 0 Å². The molecule has 0 bridgehead atoms. The zero-order chi connectivity index (χ0) is 15.6. The van der Waals surface area contributed by atoms with Crippen molar-refractivity contribution in [1.29, 1.82) is 0 Å². The van der Waals surface area contributed by atoms with E-state index in [2.05, 4.69) is 4.90 Å². The minimum Gasteiger partial charge on any atom is -0.389 e. The number of aryl methyl sites for hydroxylation is 1. The largest absolute Gasteiger partial charge is 0.389 e. The first kappa shape index (κ1) is 15.7. The molecule has 7 heteroatoms.